The Hall–Kier alpha value is -3.25. The van der Waals surface area contributed by atoms with Gasteiger partial charge in [0.15, 0.2) is 5.69 Å². The van der Waals surface area contributed by atoms with Gasteiger partial charge in [0, 0.05) is 12.3 Å². The number of rotatable bonds is 5. The van der Waals surface area contributed by atoms with E-state index >= 15 is 0 Å². The van der Waals surface area contributed by atoms with Crippen LogP contribution in [0.4, 0.5) is 0 Å². The van der Waals surface area contributed by atoms with Crippen LogP contribution < -0.4 is 10.7 Å². The summed E-state index contributed by atoms with van der Waals surface area (Å²) < 4.78 is 1.47. The molecule has 0 spiro atoms. The summed E-state index contributed by atoms with van der Waals surface area (Å²) in [5.74, 6) is -0.627. The van der Waals surface area contributed by atoms with Crippen LogP contribution >= 0.6 is 0 Å². The second-order valence-electron chi connectivity index (χ2n) is 5.43. The molecular weight excluding hydrogens is 318 g/mol. The van der Waals surface area contributed by atoms with E-state index in [-0.39, 0.29) is 12.3 Å². The molecule has 25 heavy (non-hydrogen) atoms. The molecule has 1 unspecified atom stereocenters. The Balaban J connectivity index is 1.88. The third-order valence-electron chi connectivity index (χ3n) is 3.73. The molecule has 1 atom stereocenters. The summed E-state index contributed by atoms with van der Waals surface area (Å²) in [6.07, 6.45) is 1.51. The molecule has 3 aromatic rings. The molecule has 0 saturated heterocycles. The summed E-state index contributed by atoms with van der Waals surface area (Å²) in [4.78, 5) is 24.5. The molecule has 2 N–H and O–H groups in total. The molecule has 0 fully saturated rings. The van der Waals surface area contributed by atoms with Gasteiger partial charge in [0.1, 0.15) is 0 Å². The Morgan fingerprint density at radius 1 is 1.04 bits per heavy atom. The zero-order valence-electron chi connectivity index (χ0n) is 13.4. The molecule has 0 radical (unpaired) electrons. The standard InChI is InChI=1S/C19H17N3O3/c23-13-16(14-7-3-1-4-8-14)20-19(25)18-17(24)11-12-22(21-18)15-9-5-2-6-10-15/h1-12,16,23H,13H2,(H,20,25). The number of nitrogens with one attached hydrogen (secondary N) is 1. The number of hydrogen-bond acceptors (Lipinski definition) is 4. The molecular formula is C19H17N3O3. The number of carbonyl (C=O) groups excluding carboxylic acids is 1. The lowest BCUT2D eigenvalue weighted by molar-refractivity contribution is 0.0908. The Kier molecular flexibility index (Phi) is 5.01. The minimum Gasteiger partial charge on any atom is -0.394 e. The molecule has 0 bridgehead atoms. The van der Waals surface area contributed by atoms with E-state index in [1.54, 1.807) is 12.1 Å². The Bertz CT molecular complexity index is 908. The van der Waals surface area contributed by atoms with E-state index in [1.807, 2.05) is 48.5 Å². The Morgan fingerprint density at radius 3 is 2.32 bits per heavy atom. The van der Waals surface area contributed by atoms with Gasteiger partial charge in [-0.3, -0.25) is 9.59 Å². The lowest BCUT2D eigenvalue weighted by Crippen LogP contribution is -2.35. The largest absolute Gasteiger partial charge is 0.394 e. The average molecular weight is 335 g/mol. The molecule has 126 valence electrons. The molecule has 0 aliphatic carbocycles. The smallest absolute Gasteiger partial charge is 0.276 e. The number of aromatic nitrogens is 2. The van der Waals surface area contributed by atoms with Crippen LogP contribution in [0.1, 0.15) is 22.1 Å². The van der Waals surface area contributed by atoms with Crippen LogP contribution in [0.2, 0.25) is 0 Å². The van der Waals surface area contributed by atoms with Crippen molar-refractivity contribution < 1.29 is 9.90 Å². The summed E-state index contributed by atoms with van der Waals surface area (Å²) in [7, 11) is 0. The maximum atomic E-state index is 12.5. The van der Waals surface area contributed by atoms with Crippen LogP contribution in [-0.4, -0.2) is 27.4 Å². The Labute approximate surface area is 144 Å². The number of aliphatic hydroxyl groups is 1. The third-order valence-corrected chi connectivity index (χ3v) is 3.73. The van der Waals surface area contributed by atoms with Gasteiger partial charge in [-0.1, -0.05) is 48.5 Å². The van der Waals surface area contributed by atoms with Gasteiger partial charge in [-0.05, 0) is 17.7 Å². The fraction of sp³-hybridized carbons (Fsp3) is 0.105. The van der Waals surface area contributed by atoms with Crippen LogP contribution in [0, 0.1) is 0 Å². The molecule has 2 aromatic carbocycles. The molecule has 0 aliphatic rings. The highest BCUT2D eigenvalue weighted by Gasteiger charge is 2.18. The predicted molar refractivity (Wildman–Crippen MR) is 93.6 cm³/mol. The van der Waals surface area contributed by atoms with E-state index in [1.165, 1.54) is 16.9 Å². The van der Waals surface area contributed by atoms with E-state index in [0.717, 1.165) is 11.3 Å². The number of carbonyl (C=O) groups is 1. The fourth-order valence-corrected chi connectivity index (χ4v) is 2.44. The van der Waals surface area contributed by atoms with Crippen molar-refractivity contribution >= 4 is 5.91 Å². The highest BCUT2D eigenvalue weighted by atomic mass is 16.3. The summed E-state index contributed by atoms with van der Waals surface area (Å²) >= 11 is 0. The highest BCUT2D eigenvalue weighted by Crippen LogP contribution is 2.12. The highest BCUT2D eigenvalue weighted by molar-refractivity contribution is 5.92. The number of nitrogens with zero attached hydrogens (tertiary/aromatic N) is 2. The van der Waals surface area contributed by atoms with Gasteiger partial charge in [0.25, 0.3) is 5.91 Å². The SMILES string of the molecule is O=C(NC(CO)c1ccccc1)c1nn(-c2ccccc2)ccc1=O. The molecule has 6 heteroatoms. The van der Waals surface area contributed by atoms with Crippen LogP contribution in [0.3, 0.4) is 0 Å². The van der Waals surface area contributed by atoms with E-state index in [4.69, 9.17) is 0 Å². The van der Waals surface area contributed by atoms with Gasteiger partial charge in [-0.15, -0.1) is 0 Å². The number of amides is 1. The summed E-state index contributed by atoms with van der Waals surface area (Å²) in [6.45, 7) is -0.282. The van der Waals surface area contributed by atoms with Crippen molar-refractivity contribution in [3.63, 3.8) is 0 Å². The lowest BCUT2D eigenvalue weighted by atomic mass is 10.1. The van der Waals surface area contributed by atoms with Crippen molar-refractivity contribution in [1.82, 2.24) is 15.1 Å². The van der Waals surface area contributed by atoms with Crippen molar-refractivity contribution in [3.8, 4) is 5.69 Å². The maximum Gasteiger partial charge on any atom is 0.276 e. The average Bonchev–Trinajstić information content (AvgIpc) is 2.67. The quantitative estimate of drug-likeness (QED) is 0.743. The normalized spacial score (nSPS) is 11.7. The number of aliphatic hydroxyl groups excluding tert-OH is 1. The zero-order valence-corrected chi connectivity index (χ0v) is 13.4. The zero-order chi connectivity index (χ0) is 17.6. The van der Waals surface area contributed by atoms with Crippen molar-refractivity contribution in [2.24, 2.45) is 0 Å². The fourth-order valence-electron chi connectivity index (χ4n) is 2.44. The van der Waals surface area contributed by atoms with Gasteiger partial charge in [0.2, 0.25) is 5.43 Å². The van der Waals surface area contributed by atoms with Crippen molar-refractivity contribution in [2.45, 2.75) is 6.04 Å². The van der Waals surface area contributed by atoms with Crippen molar-refractivity contribution in [3.05, 3.63) is 94.4 Å². The van der Waals surface area contributed by atoms with Crippen LogP contribution in [-0.2, 0) is 0 Å². The van der Waals surface area contributed by atoms with Crippen LogP contribution in [0.25, 0.3) is 5.69 Å². The molecule has 3 rings (SSSR count). The molecule has 1 heterocycles. The van der Waals surface area contributed by atoms with Crippen LogP contribution in [0.15, 0.2) is 77.7 Å². The topological polar surface area (TPSA) is 84.2 Å². The van der Waals surface area contributed by atoms with Crippen LogP contribution in [0.5, 0.6) is 0 Å². The molecule has 0 aliphatic heterocycles. The molecule has 1 aromatic heterocycles. The minimum atomic E-state index is -0.627. The van der Waals surface area contributed by atoms with Crippen molar-refractivity contribution in [1.29, 1.82) is 0 Å². The first-order valence-electron chi connectivity index (χ1n) is 7.81. The summed E-state index contributed by atoms with van der Waals surface area (Å²) in [6, 6.07) is 18.9. The van der Waals surface area contributed by atoms with E-state index in [9.17, 15) is 14.7 Å². The first-order chi connectivity index (χ1) is 12.2. The molecule has 6 nitrogen and oxygen atoms in total. The maximum absolute atomic E-state index is 12.5. The first-order valence-corrected chi connectivity index (χ1v) is 7.81. The second kappa shape index (κ2) is 7.55. The van der Waals surface area contributed by atoms with E-state index in [2.05, 4.69) is 10.4 Å². The van der Waals surface area contributed by atoms with Gasteiger partial charge >= 0.3 is 0 Å². The van der Waals surface area contributed by atoms with Gasteiger partial charge in [-0.2, -0.15) is 5.10 Å². The lowest BCUT2D eigenvalue weighted by Gasteiger charge is -2.16. The van der Waals surface area contributed by atoms with Gasteiger partial charge < -0.3 is 10.4 Å². The number of benzene rings is 2. The predicted octanol–water partition coefficient (Wildman–Crippen LogP) is 1.70. The van der Waals surface area contributed by atoms with E-state index in [0.29, 0.717) is 0 Å². The monoisotopic (exact) mass is 335 g/mol. The Morgan fingerprint density at radius 2 is 1.68 bits per heavy atom. The van der Waals surface area contributed by atoms with Gasteiger partial charge in [0.05, 0.1) is 18.3 Å². The minimum absolute atomic E-state index is 0.222. The summed E-state index contributed by atoms with van der Waals surface area (Å²) in [5.41, 5.74) is 0.783. The van der Waals surface area contributed by atoms with Crippen molar-refractivity contribution in [2.75, 3.05) is 6.61 Å². The van der Waals surface area contributed by atoms with Gasteiger partial charge in [-0.25, -0.2) is 4.68 Å². The second-order valence-corrected chi connectivity index (χ2v) is 5.43. The third kappa shape index (κ3) is 3.81. The van der Waals surface area contributed by atoms with E-state index < -0.39 is 17.4 Å². The first kappa shape index (κ1) is 16.6. The summed E-state index contributed by atoms with van der Waals surface area (Å²) in [5, 5.41) is 16.3. The number of hydrogen-bond donors (Lipinski definition) is 2. The molecule has 1 amide bonds. The number of para-hydroxylation sites is 1. The molecule has 0 saturated carbocycles.